The fraction of sp³-hybridized carbons (Fsp3) is 0.263. The number of rotatable bonds is 6. The SMILES string of the molecule is CCC(O)COc1ccc(-c2noc(-c3cn4cc(C)ncc4n3)n2)cc1F. The van der Waals surface area contributed by atoms with Crippen LogP contribution in [0.4, 0.5) is 4.39 Å². The van der Waals surface area contributed by atoms with Crippen LogP contribution in [0.2, 0.25) is 0 Å². The molecule has 28 heavy (non-hydrogen) atoms. The highest BCUT2D eigenvalue weighted by atomic mass is 19.1. The predicted molar refractivity (Wildman–Crippen MR) is 98.2 cm³/mol. The quantitative estimate of drug-likeness (QED) is 0.546. The van der Waals surface area contributed by atoms with Crippen LogP contribution in [0.5, 0.6) is 5.75 Å². The molecule has 1 atom stereocenters. The van der Waals surface area contributed by atoms with Crippen LogP contribution in [0.25, 0.3) is 28.6 Å². The van der Waals surface area contributed by atoms with Gasteiger partial charge in [0.2, 0.25) is 5.82 Å². The monoisotopic (exact) mass is 383 g/mol. The third kappa shape index (κ3) is 3.56. The number of hydrogen-bond acceptors (Lipinski definition) is 7. The number of aliphatic hydroxyl groups is 1. The summed E-state index contributed by atoms with van der Waals surface area (Å²) in [6.07, 6.45) is 5.15. The fourth-order valence-corrected chi connectivity index (χ4v) is 2.61. The number of hydrogen-bond donors (Lipinski definition) is 1. The summed E-state index contributed by atoms with van der Waals surface area (Å²) in [5, 5.41) is 13.4. The van der Waals surface area contributed by atoms with Crippen LogP contribution in [-0.2, 0) is 0 Å². The van der Waals surface area contributed by atoms with Gasteiger partial charge in [0.25, 0.3) is 5.89 Å². The predicted octanol–water partition coefficient (Wildman–Crippen LogP) is 3.04. The van der Waals surface area contributed by atoms with Gasteiger partial charge in [-0.15, -0.1) is 0 Å². The van der Waals surface area contributed by atoms with Crippen molar-refractivity contribution in [2.45, 2.75) is 26.4 Å². The molecule has 3 aromatic heterocycles. The first-order valence-electron chi connectivity index (χ1n) is 8.79. The highest BCUT2D eigenvalue weighted by Gasteiger charge is 2.16. The molecule has 1 unspecified atom stereocenters. The molecule has 0 fully saturated rings. The maximum Gasteiger partial charge on any atom is 0.278 e. The van der Waals surface area contributed by atoms with Gasteiger partial charge in [-0.05, 0) is 31.5 Å². The lowest BCUT2D eigenvalue weighted by molar-refractivity contribution is 0.102. The molecule has 0 aliphatic carbocycles. The Bertz CT molecular complexity index is 1120. The van der Waals surface area contributed by atoms with Crippen LogP contribution in [0.15, 0.2) is 41.3 Å². The molecular formula is C19H18FN5O3. The highest BCUT2D eigenvalue weighted by Crippen LogP contribution is 2.26. The molecular weight excluding hydrogens is 365 g/mol. The van der Waals surface area contributed by atoms with Crippen LogP contribution in [0, 0.1) is 12.7 Å². The van der Waals surface area contributed by atoms with Gasteiger partial charge in [0.1, 0.15) is 12.3 Å². The Morgan fingerprint density at radius 1 is 1.29 bits per heavy atom. The van der Waals surface area contributed by atoms with Gasteiger partial charge < -0.3 is 18.8 Å². The molecule has 1 N–H and O–H groups in total. The van der Waals surface area contributed by atoms with Gasteiger partial charge in [0, 0.05) is 18.0 Å². The zero-order chi connectivity index (χ0) is 19.7. The second-order valence-electron chi connectivity index (χ2n) is 6.36. The summed E-state index contributed by atoms with van der Waals surface area (Å²) in [5.74, 6) is -0.0480. The molecule has 0 spiro atoms. The van der Waals surface area contributed by atoms with Crippen molar-refractivity contribution in [3.05, 3.63) is 48.3 Å². The van der Waals surface area contributed by atoms with Crippen molar-refractivity contribution < 1.29 is 18.8 Å². The Kier molecular flexibility index (Phi) is 4.74. The van der Waals surface area contributed by atoms with Crippen LogP contribution in [-0.4, -0.2) is 42.3 Å². The molecule has 9 heteroatoms. The lowest BCUT2D eigenvalue weighted by Gasteiger charge is -2.11. The first-order chi connectivity index (χ1) is 13.5. The second-order valence-corrected chi connectivity index (χ2v) is 6.36. The zero-order valence-electron chi connectivity index (χ0n) is 15.3. The molecule has 3 heterocycles. The van der Waals surface area contributed by atoms with E-state index < -0.39 is 11.9 Å². The Morgan fingerprint density at radius 3 is 2.93 bits per heavy atom. The van der Waals surface area contributed by atoms with Crippen LogP contribution < -0.4 is 4.74 Å². The molecule has 0 radical (unpaired) electrons. The van der Waals surface area contributed by atoms with Crippen molar-refractivity contribution in [2.75, 3.05) is 6.61 Å². The number of benzene rings is 1. The Labute approximate surface area is 159 Å². The average Bonchev–Trinajstić information content (AvgIpc) is 3.33. The summed E-state index contributed by atoms with van der Waals surface area (Å²) in [6, 6.07) is 4.37. The largest absolute Gasteiger partial charge is 0.488 e. The molecule has 0 aliphatic rings. The summed E-state index contributed by atoms with van der Waals surface area (Å²) in [7, 11) is 0. The molecule has 0 saturated carbocycles. The second kappa shape index (κ2) is 7.35. The van der Waals surface area contributed by atoms with E-state index in [0.29, 0.717) is 23.3 Å². The smallest absolute Gasteiger partial charge is 0.278 e. The minimum atomic E-state index is -0.636. The lowest BCUT2D eigenvalue weighted by Crippen LogP contribution is -2.16. The number of ether oxygens (including phenoxy) is 1. The summed E-state index contributed by atoms with van der Waals surface area (Å²) < 4.78 is 26.7. The number of halogens is 1. The Balaban J connectivity index is 1.57. The van der Waals surface area contributed by atoms with E-state index in [1.807, 2.05) is 24.4 Å². The summed E-state index contributed by atoms with van der Waals surface area (Å²) in [4.78, 5) is 12.9. The summed E-state index contributed by atoms with van der Waals surface area (Å²) in [6.45, 7) is 3.73. The molecule has 144 valence electrons. The van der Waals surface area contributed by atoms with E-state index in [1.54, 1.807) is 18.5 Å². The van der Waals surface area contributed by atoms with Gasteiger partial charge in [0.05, 0.1) is 18.0 Å². The van der Waals surface area contributed by atoms with Crippen molar-refractivity contribution in [3.63, 3.8) is 0 Å². The van der Waals surface area contributed by atoms with Crippen LogP contribution in [0.3, 0.4) is 0 Å². The Hall–Kier alpha value is -3.33. The number of fused-ring (bicyclic) bond motifs is 1. The first-order valence-corrected chi connectivity index (χ1v) is 8.79. The molecule has 4 aromatic rings. The number of aryl methyl sites for hydroxylation is 1. The summed E-state index contributed by atoms with van der Waals surface area (Å²) >= 11 is 0. The van der Waals surface area contributed by atoms with Gasteiger partial charge in [-0.3, -0.25) is 4.98 Å². The molecule has 0 saturated heterocycles. The van der Waals surface area contributed by atoms with Crippen molar-refractivity contribution in [1.82, 2.24) is 24.5 Å². The maximum absolute atomic E-state index is 14.3. The van der Waals surface area contributed by atoms with Crippen molar-refractivity contribution in [3.8, 4) is 28.7 Å². The van der Waals surface area contributed by atoms with E-state index in [0.717, 1.165) is 5.69 Å². The van der Waals surface area contributed by atoms with Crippen molar-refractivity contribution in [1.29, 1.82) is 0 Å². The third-order valence-electron chi connectivity index (χ3n) is 4.21. The number of imidazole rings is 1. The number of aromatic nitrogens is 5. The molecule has 8 nitrogen and oxygen atoms in total. The third-order valence-corrected chi connectivity index (χ3v) is 4.21. The molecule has 1 aromatic carbocycles. The zero-order valence-corrected chi connectivity index (χ0v) is 15.3. The van der Waals surface area contributed by atoms with Gasteiger partial charge in [0.15, 0.2) is 17.2 Å². The summed E-state index contributed by atoms with van der Waals surface area (Å²) in [5.41, 5.74) is 2.45. The van der Waals surface area contributed by atoms with Crippen LogP contribution >= 0.6 is 0 Å². The van der Waals surface area contributed by atoms with E-state index in [4.69, 9.17) is 9.26 Å². The number of nitrogens with zero attached hydrogens (tertiary/aromatic N) is 5. The fourth-order valence-electron chi connectivity index (χ4n) is 2.61. The van der Waals surface area contributed by atoms with Crippen LogP contribution in [0.1, 0.15) is 19.0 Å². The van der Waals surface area contributed by atoms with Crippen molar-refractivity contribution >= 4 is 5.65 Å². The molecule has 4 rings (SSSR count). The lowest BCUT2D eigenvalue weighted by atomic mass is 10.2. The van der Waals surface area contributed by atoms with Gasteiger partial charge >= 0.3 is 0 Å². The van der Waals surface area contributed by atoms with Crippen molar-refractivity contribution in [2.24, 2.45) is 0 Å². The van der Waals surface area contributed by atoms with Gasteiger partial charge in [-0.2, -0.15) is 4.98 Å². The maximum atomic E-state index is 14.3. The standard InChI is InChI=1S/C19H18FN5O3/c1-3-13(26)10-27-16-5-4-12(6-14(16)20)18-23-19(28-24-18)15-9-25-8-11(2)21-7-17(25)22-15/h4-9,13,26H,3,10H2,1-2H3. The minimum Gasteiger partial charge on any atom is -0.488 e. The van der Waals surface area contributed by atoms with E-state index in [-0.39, 0.29) is 24.1 Å². The van der Waals surface area contributed by atoms with E-state index in [1.165, 1.54) is 12.1 Å². The van der Waals surface area contributed by atoms with Gasteiger partial charge in [-0.1, -0.05) is 12.1 Å². The molecule has 0 aliphatic heterocycles. The number of aliphatic hydroxyl groups excluding tert-OH is 1. The normalized spacial score (nSPS) is 12.4. The van der Waals surface area contributed by atoms with E-state index in [9.17, 15) is 9.50 Å². The van der Waals surface area contributed by atoms with E-state index >= 15 is 0 Å². The minimum absolute atomic E-state index is 0.0291. The highest BCUT2D eigenvalue weighted by molar-refractivity contribution is 5.60. The molecule has 0 bridgehead atoms. The first kappa shape index (κ1) is 18.1. The topological polar surface area (TPSA) is 98.6 Å². The average molecular weight is 383 g/mol. The molecule has 0 amide bonds. The van der Waals surface area contributed by atoms with Gasteiger partial charge in [-0.25, -0.2) is 9.37 Å². The Morgan fingerprint density at radius 2 is 2.14 bits per heavy atom. The van der Waals surface area contributed by atoms with E-state index in [2.05, 4.69) is 20.1 Å².